The molecular formula is C18H18N4O2. The molecule has 3 heterocycles. The van der Waals surface area contributed by atoms with Gasteiger partial charge in [0.05, 0.1) is 16.6 Å². The Hall–Kier alpha value is -2.73. The van der Waals surface area contributed by atoms with Gasteiger partial charge in [0, 0.05) is 31.2 Å². The molecule has 2 N–H and O–H groups in total. The van der Waals surface area contributed by atoms with Gasteiger partial charge in [0.1, 0.15) is 0 Å². The van der Waals surface area contributed by atoms with Gasteiger partial charge in [0.25, 0.3) is 11.6 Å². The minimum absolute atomic E-state index is 0.0566. The van der Waals surface area contributed by atoms with Gasteiger partial charge in [0.2, 0.25) is 0 Å². The fraction of sp³-hybridized carbons (Fsp3) is 0.278. The van der Waals surface area contributed by atoms with Crippen LogP contribution in [0.2, 0.25) is 0 Å². The molecule has 1 aromatic carbocycles. The van der Waals surface area contributed by atoms with Crippen LogP contribution in [0, 0.1) is 6.92 Å². The maximum atomic E-state index is 12.8. The summed E-state index contributed by atoms with van der Waals surface area (Å²) >= 11 is 0. The van der Waals surface area contributed by atoms with E-state index < -0.39 is 0 Å². The first-order chi connectivity index (χ1) is 11.6. The summed E-state index contributed by atoms with van der Waals surface area (Å²) < 4.78 is 5.09. The standard InChI is InChI=1S/C18H18N4O2/c1-11-14-7-13(8-20-17(14)24-21-11)18(23)22-9-15(16(19)10-22)12-5-3-2-4-6-12/h2-8,15-16H,9-10,19H2,1H3/t15-,16+/m0/s1. The molecule has 24 heavy (non-hydrogen) atoms. The summed E-state index contributed by atoms with van der Waals surface area (Å²) in [6.45, 7) is 2.99. The van der Waals surface area contributed by atoms with Gasteiger partial charge in [-0.25, -0.2) is 4.98 Å². The zero-order chi connectivity index (χ0) is 16.7. The molecule has 4 rings (SSSR count). The molecule has 0 saturated carbocycles. The predicted molar refractivity (Wildman–Crippen MR) is 89.6 cm³/mol. The second-order valence-corrected chi connectivity index (χ2v) is 6.24. The van der Waals surface area contributed by atoms with Crippen LogP contribution >= 0.6 is 0 Å². The first kappa shape index (κ1) is 14.8. The first-order valence-corrected chi connectivity index (χ1v) is 7.95. The van der Waals surface area contributed by atoms with E-state index >= 15 is 0 Å². The Kier molecular flexibility index (Phi) is 3.54. The molecule has 0 aliphatic carbocycles. The zero-order valence-electron chi connectivity index (χ0n) is 13.3. The monoisotopic (exact) mass is 322 g/mol. The molecule has 122 valence electrons. The van der Waals surface area contributed by atoms with E-state index in [0.29, 0.717) is 24.4 Å². The summed E-state index contributed by atoms with van der Waals surface area (Å²) in [6.07, 6.45) is 1.54. The molecule has 0 unspecified atom stereocenters. The quantitative estimate of drug-likeness (QED) is 0.781. The van der Waals surface area contributed by atoms with Crippen molar-refractivity contribution in [3.8, 4) is 0 Å². The number of amides is 1. The lowest BCUT2D eigenvalue weighted by Gasteiger charge is -2.16. The zero-order valence-corrected chi connectivity index (χ0v) is 13.3. The highest BCUT2D eigenvalue weighted by atomic mass is 16.5. The topological polar surface area (TPSA) is 85.2 Å². The highest BCUT2D eigenvalue weighted by Crippen LogP contribution is 2.28. The fourth-order valence-corrected chi connectivity index (χ4v) is 3.29. The number of carbonyl (C=O) groups is 1. The van der Waals surface area contributed by atoms with Crippen LogP contribution in [0.25, 0.3) is 11.1 Å². The lowest BCUT2D eigenvalue weighted by molar-refractivity contribution is 0.0789. The Morgan fingerprint density at radius 1 is 1.29 bits per heavy atom. The smallest absolute Gasteiger partial charge is 0.257 e. The predicted octanol–water partition coefficient (Wildman–Crippen LogP) is 2.10. The Bertz CT molecular complexity index is 890. The van der Waals surface area contributed by atoms with E-state index in [9.17, 15) is 4.79 Å². The summed E-state index contributed by atoms with van der Waals surface area (Å²) in [6, 6.07) is 11.8. The van der Waals surface area contributed by atoms with E-state index in [2.05, 4.69) is 22.3 Å². The molecule has 1 aliphatic heterocycles. The Labute approximate surface area is 139 Å². The summed E-state index contributed by atoms with van der Waals surface area (Å²) in [5.41, 5.74) is 9.17. The third kappa shape index (κ3) is 2.45. The number of aryl methyl sites for hydroxylation is 1. The number of benzene rings is 1. The Morgan fingerprint density at radius 2 is 2.08 bits per heavy atom. The van der Waals surface area contributed by atoms with Gasteiger partial charge in [-0.3, -0.25) is 4.79 Å². The fourth-order valence-electron chi connectivity index (χ4n) is 3.29. The minimum atomic E-state index is -0.0645. The van der Waals surface area contributed by atoms with Crippen LogP contribution in [0.15, 0.2) is 47.1 Å². The van der Waals surface area contributed by atoms with Gasteiger partial charge in [-0.1, -0.05) is 35.5 Å². The molecule has 6 heteroatoms. The van der Waals surface area contributed by atoms with Crippen molar-refractivity contribution in [2.75, 3.05) is 13.1 Å². The lowest BCUT2D eigenvalue weighted by atomic mass is 9.95. The summed E-state index contributed by atoms with van der Waals surface area (Å²) in [5, 5.41) is 4.64. The number of fused-ring (bicyclic) bond motifs is 1. The molecule has 1 amide bonds. The number of nitrogens with zero attached hydrogens (tertiary/aromatic N) is 3. The number of hydrogen-bond donors (Lipinski definition) is 1. The number of hydrogen-bond acceptors (Lipinski definition) is 5. The number of likely N-dealkylation sites (tertiary alicyclic amines) is 1. The molecule has 1 fully saturated rings. The summed E-state index contributed by atoms with van der Waals surface area (Å²) in [4.78, 5) is 18.8. The molecule has 0 bridgehead atoms. The van der Waals surface area contributed by atoms with Gasteiger partial charge < -0.3 is 15.2 Å². The van der Waals surface area contributed by atoms with Crippen molar-refractivity contribution in [2.45, 2.75) is 18.9 Å². The minimum Gasteiger partial charge on any atom is -0.336 e. The van der Waals surface area contributed by atoms with Gasteiger partial charge >= 0.3 is 0 Å². The Morgan fingerprint density at radius 3 is 2.88 bits per heavy atom. The highest BCUT2D eigenvalue weighted by Gasteiger charge is 2.34. The van der Waals surface area contributed by atoms with Crippen molar-refractivity contribution in [1.29, 1.82) is 0 Å². The van der Waals surface area contributed by atoms with Crippen molar-refractivity contribution < 1.29 is 9.32 Å². The van der Waals surface area contributed by atoms with Crippen molar-refractivity contribution >= 4 is 17.0 Å². The molecule has 6 nitrogen and oxygen atoms in total. The van der Waals surface area contributed by atoms with Crippen LogP contribution in [0.5, 0.6) is 0 Å². The number of aromatic nitrogens is 2. The second kappa shape index (κ2) is 5.72. The van der Waals surface area contributed by atoms with E-state index in [1.165, 1.54) is 11.8 Å². The largest absolute Gasteiger partial charge is 0.336 e. The Balaban J connectivity index is 1.59. The normalized spacial score (nSPS) is 20.7. The average molecular weight is 322 g/mol. The highest BCUT2D eigenvalue weighted by molar-refractivity contribution is 5.97. The molecule has 0 spiro atoms. The number of rotatable bonds is 2. The summed E-state index contributed by atoms with van der Waals surface area (Å²) in [5.74, 6) is 0.100. The van der Waals surface area contributed by atoms with Gasteiger partial charge in [-0.2, -0.15) is 0 Å². The van der Waals surface area contributed by atoms with Crippen LogP contribution < -0.4 is 5.73 Å². The summed E-state index contributed by atoms with van der Waals surface area (Å²) in [7, 11) is 0. The maximum Gasteiger partial charge on any atom is 0.257 e. The first-order valence-electron chi connectivity index (χ1n) is 7.95. The van der Waals surface area contributed by atoms with E-state index in [1.807, 2.05) is 25.1 Å². The maximum absolute atomic E-state index is 12.8. The van der Waals surface area contributed by atoms with Crippen molar-refractivity contribution in [2.24, 2.45) is 5.73 Å². The van der Waals surface area contributed by atoms with Crippen LogP contribution in [0.4, 0.5) is 0 Å². The van der Waals surface area contributed by atoms with Gasteiger partial charge in [0.15, 0.2) is 0 Å². The van der Waals surface area contributed by atoms with Crippen LogP contribution in [-0.4, -0.2) is 40.1 Å². The van der Waals surface area contributed by atoms with E-state index in [-0.39, 0.29) is 17.9 Å². The van der Waals surface area contributed by atoms with Crippen molar-refractivity contribution in [3.05, 3.63) is 59.4 Å². The number of carbonyl (C=O) groups excluding carboxylic acids is 1. The van der Waals surface area contributed by atoms with E-state index in [0.717, 1.165) is 11.1 Å². The third-order valence-corrected chi connectivity index (χ3v) is 4.64. The molecule has 2 atom stereocenters. The molecule has 0 radical (unpaired) electrons. The second-order valence-electron chi connectivity index (χ2n) is 6.24. The lowest BCUT2D eigenvalue weighted by Crippen LogP contribution is -2.32. The molecule has 3 aromatic rings. The molecule has 2 aromatic heterocycles. The van der Waals surface area contributed by atoms with E-state index in [4.69, 9.17) is 10.3 Å². The van der Waals surface area contributed by atoms with Crippen LogP contribution in [0.1, 0.15) is 27.5 Å². The van der Waals surface area contributed by atoms with Gasteiger partial charge in [-0.05, 0) is 18.6 Å². The van der Waals surface area contributed by atoms with Crippen LogP contribution in [-0.2, 0) is 0 Å². The molecule has 1 aliphatic rings. The molecule has 1 saturated heterocycles. The van der Waals surface area contributed by atoms with Crippen molar-refractivity contribution in [3.63, 3.8) is 0 Å². The van der Waals surface area contributed by atoms with Crippen LogP contribution in [0.3, 0.4) is 0 Å². The number of nitrogens with two attached hydrogens (primary N) is 1. The number of pyridine rings is 1. The van der Waals surface area contributed by atoms with Crippen molar-refractivity contribution in [1.82, 2.24) is 15.0 Å². The average Bonchev–Trinajstić information content (AvgIpc) is 3.18. The SMILES string of the molecule is Cc1noc2ncc(C(=O)N3C[C@@H](N)[C@H](c4ccccc4)C3)cc12. The molecular weight excluding hydrogens is 304 g/mol. The van der Waals surface area contributed by atoms with E-state index in [1.54, 1.807) is 11.0 Å². The van der Waals surface area contributed by atoms with Gasteiger partial charge in [-0.15, -0.1) is 0 Å². The third-order valence-electron chi connectivity index (χ3n) is 4.64.